The Labute approximate surface area is 152 Å². The van der Waals surface area contributed by atoms with Crippen LogP contribution in [0.2, 0.25) is 0 Å². The Kier molecular flexibility index (Phi) is 5.28. The van der Waals surface area contributed by atoms with Crippen LogP contribution < -0.4 is 14.2 Å². The van der Waals surface area contributed by atoms with Gasteiger partial charge in [0.1, 0.15) is 11.9 Å². The zero-order valence-electron chi connectivity index (χ0n) is 14.9. The molecule has 9 heteroatoms. The fourth-order valence-electron chi connectivity index (χ4n) is 2.86. The summed E-state index contributed by atoms with van der Waals surface area (Å²) < 4.78 is 43.3. The Bertz CT molecular complexity index is 888. The number of hydrogen-bond donors (Lipinski definition) is 0. The van der Waals surface area contributed by atoms with Crippen LogP contribution in [0.1, 0.15) is 12.0 Å². The van der Waals surface area contributed by atoms with Gasteiger partial charge in [0.15, 0.2) is 0 Å². The number of rotatable bonds is 6. The van der Waals surface area contributed by atoms with Gasteiger partial charge in [-0.15, -0.1) is 0 Å². The molecule has 1 aliphatic rings. The Balaban J connectivity index is 1.74. The van der Waals surface area contributed by atoms with Crippen molar-refractivity contribution in [3.8, 4) is 17.5 Å². The van der Waals surface area contributed by atoms with E-state index in [9.17, 15) is 8.42 Å². The molecule has 3 rings (SSSR count). The molecule has 1 unspecified atom stereocenters. The lowest BCUT2D eigenvalue weighted by Crippen LogP contribution is -2.31. The van der Waals surface area contributed by atoms with Crippen molar-refractivity contribution in [3.05, 3.63) is 36.2 Å². The molecule has 1 saturated heterocycles. The summed E-state index contributed by atoms with van der Waals surface area (Å²) in [7, 11) is -0.561. The van der Waals surface area contributed by atoms with Crippen LogP contribution in [-0.2, 0) is 10.0 Å². The summed E-state index contributed by atoms with van der Waals surface area (Å²) in [5.41, 5.74) is 0.768. The quantitative estimate of drug-likeness (QED) is 0.753. The van der Waals surface area contributed by atoms with Crippen LogP contribution in [0.4, 0.5) is 0 Å². The third-order valence-electron chi connectivity index (χ3n) is 4.22. The average molecular weight is 379 g/mol. The molecule has 0 saturated carbocycles. The molecule has 2 aromatic rings. The van der Waals surface area contributed by atoms with E-state index in [-0.39, 0.29) is 29.3 Å². The van der Waals surface area contributed by atoms with Crippen molar-refractivity contribution in [1.29, 1.82) is 0 Å². The molecule has 1 aromatic heterocycles. The molecular weight excluding hydrogens is 358 g/mol. The highest BCUT2D eigenvalue weighted by atomic mass is 32.2. The first-order valence-corrected chi connectivity index (χ1v) is 9.56. The molecule has 140 valence electrons. The lowest BCUT2D eigenvalue weighted by atomic mass is 10.2. The lowest BCUT2D eigenvalue weighted by Gasteiger charge is -2.18. The Morgan fingerprint density at radius 1 is 1.12 bits per heavy atom. The van der Waals surface area contributed by atoms with Crippen molar-refractivity contribution in [2.24, 2.45) is 0 Å². The summed E-state index contributed by atoms with van der Waals surface area (Å²) in [5.74, 6) is 1.19. The molecule has 1 aliphatic heterocycles. The van der Waals surface area contributed by atoms with Crippen LogP contribution in [0.15, 0.2) is 35.5 Å². The molecule has 8 nitrogen and oxygen atoms in total. The predicted octanol–water partition coefficient (Wildman–Crippen LogP) is 1.64. The molecule has 2 heterocycles. The minimum atomic E-state index is -3.60. The Hall–Kier alpha value is -2.39. The van der Waals surface area contributed by atoms with Gasteiger partial charge in [0, 0.05) is 18.9 Å². The van der Waals surface area contributed by atoms with Crippen molar-refractivity contribution in [3.63, 3.8) is 0 Å². The zero-order valence-corrected chi connectivity index (χ0v) is 15.7. The highest BCUT2D eigenvalue weighted by molar-refractivity contribution is 7.89. The van der Waals surface area contributed by atoms with Gasteiger partial charge in [-0.2, -0.15) is 4.31 Å². The number of benzene rings is 1. The van der Waals surface area contributed by atoms with Crippen molar-refractivity contribution < 1.29 is 22.6 Å². The molecule has 0 amide bonds. The maximum Gasteiger partial charge on any atom is 0.278 e. The number of hydrogen-bond acceptors (Lipinski definition) is 7. The van der Waals surface area contributed by atoms with Crippen LogP contribution >= 0.6 is 0 Å². The molecule has 0 N–H and O–H groups in total. The van der Waals surface area contributed by atoms with E-state index in [0.29, 0.717) is 18.7 Å². The summed E-state index contributed by atoms with van der Waals surface area (Å²) >= 11 is 0. The smallest absolute Gasteiger partial charge is 0.278 e. The van der Waals surface area contributed by atoms with E-state index in [2.05, 4.69) is 9.97 Å². The van der Waals surface area contributed by atoms with Gasteiger partial charge in [-0.05, 0) is 37.1 Å². The predicted molar refractivity (Wildman–Crippen MR) is 94.1 cm³/mol. The van der Waals surface area contributed by atoms with E-state index in [1.54, 1.807) is 25.3 Å². The van der Waals surface area contributed by atoms with Crippen LogP contribution in [0.5, 0.6) is 17.5 Å². The normalized spacial score (nSPS) is 17.9. The summed E-state index contributed by atoms with van der Waals surface area (Å²) in [6, 6.07) is 4.84. The second-order valence-electron chi connectivity index (χ2n) is 5.89. The van der Waals surface area contributed by atoms with Crippen LogP contribution in [0, 0.1) is 6.92 Å². The minimum absolute atomic E-state index is 0.243. The fourth-order valence-corrected chi connectivity index (χ4v) is 4.44. The monoisotopic (exact) mass is 379 g/mol. The molecule has 26 heavy (non-hydrogen) atoms. The van der Waals surface area contributed by atoms with E-state index >= 15 is 0 Å². The fraction of sp³-hybridized carbons (Fsp3) is 0.412. The highest BCUT2D eigenvalue weighted by Gasteiger charge is 2.34. The third-order valence-corrected chi connectivity index (χ3v) is 6.08. The second kappa shape index (κ2) is 7.46. The summed E-state index contributed by atoms with van der Waals surface area (Å²) in [4.78, 5) is 8.37. The summed E-state index contributed by atoms with van der Waals surface area (Å²) in [6.07, 6.45) is 3.26. The molecule has 1 aromatic carbocycles. The third kappa shape index (κ3) is 3.58. The number of methoxy groups -OCH3 is 2. The Morgan fingerprint density at radius 2 is 1.85 bits per heavy atom. The topological polar surface area (TPSA) is 90.9 Å². The number of aromatic nitrogens is 2. The van der Waals surface area contributed by atoms with Gasteiger partial charge < -0.3 is 14.2 Å². The number of ether oxygens (including phenoxy) is 3. The maximum atomic E-state index is 12.9. The van der Waals surface area contributed by atoms with E-state index in [0.717, 1.165) is 5.56 Å². The second-order valence-corrected chi connectivity index (χ2v) is 7.83. The van der Waals surface area contributed by atoms with Crippen LogP contribution in [-0.4, -0.2) is 56.1 Å². The molecule has 0 radical (unpaired) electrons. The zero-order chi connectivity index (χ0) is 18.7. The largest absolute Gasteiger partial charge is 0.496 e. The van der Waals surface area contributed by atoms with E-state index in [1.165, 1.54) is 23.8 Å². The van der Waals surface area contributed by atoms with E-state index < -0.39 is 10.0 Å². The first kappa shape index (κ1) is 18.4. The first-order valence-electron chi connectivity index (χ1n) is 8.12. The molecule has 0 aliphatic carbocycles. The average Bonchev–Trinajstić information content (AvgIpc) is 3.11. The number of aryl methyl sites for hydroxylation is 1. The SMILES string of the molecule is COc1ccc(S(=O)(=O)N2CCC(Oc3nccnc3OC)C2)cc1C. The van der Waals surface area contributed by atoms with E-state index in [1.807, 2.05) is 6.92 Å². The highest BCUT2D eigenvalue weighted by Crippen LogP contribution is 2.28. The molecular formula is C17H21N3O5S. The van der Waals surface area contributed by atoms with Gasteiger partial charge in [0.05, 0.1) is 25.7 Å². The van der Waals surface area contributed by atoms with Gasteiger partial charge in [0.2, 0.25) is 10.0 Å². The molecule has 0 spiro atoms. The summed E-state index contributed by atoms with van der Waals surface area (Å²) in [6.45, 7) is 2.43. The minimum Gasteiger partial charge on any atom is -0.496 e. The van der Waals surface area contributed by atoms with Gasteiger partial charge in [0.25, 0.3) is 11.8 Å². The summed E-state index contributed by atoms with van der Waals surface area (Å²) in [5, 5.41) is 0. The van der Waals surface area contributed by atoms with Crippen molar-refractivity contribution in [2.45, 2.75) is 24.3 Å². The molecule has 1 atom stereocenters. The van der Waals surface area contributed by atoms with Gasteiger partial charge in [-0.25, -0.2) is 18.4 Å². The standard InChI is InChI=1S/C17H21N3O5S/c1-12-10-14(4-5-15(12)23-2)26(21,22)20-9-6-13(11-20)25-17-16(24-3)18-7-8-19-17/h4-5,7-8,10,13H,6,9,11H2,1-3H3. The van der Waals surface area contributed by atoms with Crippen molar-refractivity contribution >= 4 is 10.0 Å². The maximum absolute atomic E-state index is 12.9. The lowest BCUT2D eigenvalue weighted by molar-refractivity contribution is 0.194. The van der Waals surface area contributed by atoms with E-state index in [4.69, 9.17) is 14.2 Å². The first-order chi connectivity index (χ1) is 12.5. The number of nitrogens with zero attached hydrogens (tertiary/aromatic N) is 3. The van der Waals surface area contributed by atoms with Gasteiger partial charge in [-0.1, -0.05) is 0 Å². The van der Waals surface area contributed by atoms with Crippen molar-refractivity contribution in [1.82, 2.24) is 14.3 Å². The number of sulfonamides is 1. The van der Waals surface area contributed by atoms with Crippen LogP contribution in [0.3, 0.4) is 0 Å². The van der Waals surface area contributed by atoms with Crippen LogP contribution in [0.25, 0.3) is 0 Å². The molecule has 1 fully saturated rings. The van der Waals surface area contributed by atoms with Crippen molar-refractivity contribution in [2.75, 3.05) is 27.3 Å². The van der Waals surface area contributed by atoms with Gasteiger partial charge >= 0.3 is 0 Å². The molecule has 0 bridgehead atoms. The Morgan fingerprint density at radius 3 is 2.50 bits per heavy atom. The van der Waals surface area contributed by atoms with Gasteiger partial charge in [-0.3, -0.25) is 0 Å².